The minimum Gasteiger partial charge on any atom is -0.340 e. The highest BCUT2D eigenvalue weighted by Gasteiger charge is 2.16. The van der Waals surface area contributed by atoms with Crippen molar-refractivity contribution in [2.24, 2.45) is 5.73 Å². The normalized spacial score (nSPS) is 12.6. The molecule has 84 valence electrons. The van der Waals surface area contributed by atoms with Gasteiger partial charge in [-0.15, -0.1) is 0 Å². The summed E-state index contributed by atoms with van der Waals surface area (Å²) < 4.78 is 13.6. The highest BCUT2D eigenvalue weighted by molar-refractivity contribution is 7.99. The molecule has 16 heavy (non-hydrogen) atoms. The monoisotopic (exact) mass is 237 g/mol. The first-order valence-corrected chi connectivity index (χ1v) is 5.79. The highest BCUT2D eigenvalue weighted by atomic mass is 32.2. The van der Waals surface area contributed by atoms with Gasteiger partial charge in [0.15, 0.2) is 5.16 Å². The molecule has 3 N–H and O–H groups in total. The van der Waals surface area contributed by atoms with Crippen molar-refractivity contribution >= 4 is 11.8 Å². The molecule has 0 aliphatic carbocycles. The molecular formula is C11H12FN3S. The van der Waals surface area contributed by atoms with E-state index >= 15 is 0 Å². The van der Waals surface area contributed by atoms with Crippen molar-refractivity contribution in [3.63, 3.8) is 0 Å². The Bertz CT molecular complexity index is 444. The summed E-state index contributed by atoms with van der Waals surface area (Å²) in [5.41, 5.74) is 6.28. The zero-order valence-corrected chi connectivity index (χ0v) is 9.38. The number of rotatable bonds is 4. The van der Waals surface area contributed by atoms with Gasteiger partial charge in [-0.1, -0.05) is 30.0 Å². The number of nitrogens with zero attached hydrogens (tertiary/aromatic N) is 1. The van der Waals surface area contributed by atoms with E-state index in [-0.39, 0.29) is 11.1 Å². The van der Waals surface area contributed by atoms with E-state index in [0.29, 0.717) is 12.1 Å². The van der Waals surface area contributed by atoms with Crippen LogP contribution in [0.15, 0.2) is 41.8 Å². The molecule has 0 radical (unpaired) electrons. The molecule has 0 amide bonds. The molecule has 0 bridgehead atoms. The summed E-state index contributed by atoms with van der Waals surface area (Å²) in [6.07, 6.45) is 3.40. The third kappa shape index (κ3) is 2.43. The fourth-order valence-corrected chi connectivity index (χ4v) is 2.37. The molecule has 0 saturated carbocycles. The van der Waals surface area contributed by atoms with Crippen molar-refractivity contribution in [1.29, 1.82) is 0 Å². The van der Waals surface area contributed by atoms with Gasteiger partial charge in [0.1, 0.15) is 5.82 Å². The standard InChI is InChI=1S/C11H12FN3S/c12-9-4-2-1-3-8(9)10(7-13)16-11-14-5-6-15-11/h1-6,10H,7,13H2,(H,14,15). The first-order valence-electron chi connectivity index (χ1n) is 4.92. The van der Waals surface area contributed by atoms with E-state index in [2.05, 4.69) is 9.97 Å². The van der Waals surface area contributed by atoms with Crippen molar-refractivity contribution < 1.29 is 4.39 Å². The zero-order chi connectivity index (χ0) is 11.4. The second kappa shape index (κ2) is 5.14. The number of hydrogen-bond donors (Lipinski definition) is 2. The van der Waals surface area contributed by atoms with Crippen LogP contribution < -0.4 is 5.73 Å². The molecule has 2 aromatic rings. The van der Waals surface area contributed by atoms with E-state index < -0.39 is 0 Å². The Morgan fingerprint density at radius 3 is 2.88 bits per heavy atom. The first kappa shape index (κ1) is 11.2. The highest BCUT2D eigenvalue weighted by Crippen LogP contribution is 2.33. The van der Waals surface area contributed by atoms with Gasteiger partial charge in [0.2, 0.25) is 0 Å². The molecule has 1 aromatic carbocycles. The maximum atomic E-state index is 13.6. The van der Waals surface area contributed by atoms with Crippen molar-refractivity contribution in [1.82, 2.24) is 9.97 Å². The number of thioether (sulfide) groups is 1. The molecule has 1 unspecified atom stereocenters. The molecule has 0 aliphatic heterocycles. The second-order valence-corrected chi connectivity index (χ2v) is 4.45. The summed E-state index contributed by atoms with van der Waals surface area (Å²) in [6, 6.07) is 6.68. The van der Waals surface area contributed by atoms with Crippen molar-refractivity contribution in [2.75, 3.05) is 6.54 Å². The number of nitrogens with one attached hydrogen (secondary N) is 1. The lowest BCUT2D eigenvalue weighted by atomic mass is 10.1. The van der Waals surface area contributed by atoms with Gasteiger partial charge in [0.25, 0.3) is 0 Å². The smallest absolute Gasteiger partial charge is 0.165 e. The second-order valence-electron chi connectivity index (χ2n) is 3.26. The number of aromatic amines is 1. The van der Waals surface area contributed by atoms with E-state index in [4.69, 9.17) is 5.73 Å². The molecular weight excluding hydrogens is 225 g/mol. The van der Waals surface area contributed by atoms with Gasteiger partial charge < -0.3 is 10.7 Å². The SMILES string of the molecule is NCC(Sc1ncc[nH]1)c1ccccc1F. The van der Waals surface area contributed by atoms with Crippen LogP contribution in [0.5, 0.6) is 0 Å². The molecule has 0 fully saturated rings. The number of benzene rings is 1. The summed E-state index contributed by atoms with van der Waals surface area (Å²) in [6.45, 7) is 0.367. The molecule has 1 atom stereocenters. The molecule has 0 saturated heterocycles. The Balaban J connectivity index is 2.20. The summed E-state index contributed by atoms with van der Waals surface area (Å²) in [5.74, 6) is -0.225. The molecule has 0 spiro atoms. The third-order valence-corrected chi connectivity index (χ3v) is 3.37. The lowest BCUT2D eigenvalue weighted by Crippen LogP contribution is -2.11. The van der Waals surface area contributed by atoms with Crippen LogP contribution in [-0.4, -0.2) is 16.5 Å². The Labute approximate surface area is 97.3 Å². The number of nitrogens with two attached hydrogens (primary N) is 1. The summed E-state index contributed by atoms with van der Waals surface area (Å²) in [5, 5.41) is 0.631. The molecule has 2 rings (SSSR count). The van der Waals surface area contributed by atoms with Gasteiger partial charge in [-0.3, -0.25) is 0 Å². The van der Waals surface area contributed by atoms with E-state index in [1.54, 1.807) is 24.5 Å². The maximum Gasteiger partial charge on any atom is 0.165 e. The topological polar surface area (TPSA) is 54.7 Å². The summed E-state index contributed by atoms with van der Waals surface area (Å²) in [7, 11) is 0. The van der Waals surface area contributed by atoms with Gasteiger partial charge in [-0.05, 0) is 6.07 Å². The molecule has 3 nitrogen and oxygen atoms in total. The van der Waals surface area contributed by atoms with Gasteiger partial charge >= 0.3 is 0 Å². The minimum absolute atomic E-state index is 0.118. The fourth-order valence-electron chi connectivity index (χ4n) is 1.42. The van der Waals surface area contributed by atoms with Crippen molar-refractivity contribution in [3.8, 4) is 0 Å². The van der Waals surface area contributed by atoms with E-state index in [1.165, 1.54) is 17.8 Å². The van der Waals surface area contributed by atoms with Crippen LogP contribution in [0.3, 0.4) is 0 Å². The Morgan fingerprint density at radius 2 is 2.25 bits per heavy atom. The summed E-state index contributed by atoms with van der Waals surface area (Å²) >= 11 is 1.43. The molecule has 0 aliphatic rings. The largest absolute Gasteiger partial charge is 0.340 e. The summed E-state index contributed by atoms with van der Waals surface area (Å²) in [4.78, 5) is 7.05. The fraction of sp³-hybridized carbons (Fsp3) is 0.182. The van der Waals surface area contributed by atoms with Gasteiger partial charge in [-0.2, -0.15) is 0 Å². The average Bonchev–Trinajstić information content (AvgIpc) is 2.80. The Morgan fingerprint density at radius 1 is 1.44 bits per heavy atom. The lowest BCUT2D eigenvalue weighted by Gasteiger charge is -2.13. The molecule has 1 aromatic heterocycles. The number of halogens is 1. The van der Waals surface area contributed by atoms with Crippen molar-refractivity contribution in [2.45, 2.75) is 10.4 Å². The lowest BCUT2D eigenvalue weighted by molar-refractivity contribution is 0.608. The number of hydrogen-bond acceptors (Lipinski definition) is 3. The molecule has 1 heterocycles. The number of H-pyrrole nitrogens is 1. The predicted molar refractivity (Wildman–Crippen MR) is 62.6 cm³/mol. The predicted octanol–water partition coefficient (Wildman–Crippen LogP) is 2.34. The van der Waals surface area contributed by atoms with Crippen LogP contribution in [0.1, 0.15) is 10.8 Å². The first-order chi connectivity index (χ1) is 7.81. The quantitative estimate of drug-likeness (QED) is 0.802. The van der Waals surface area contributed by atoms with Gasteiger partial charge in [-0.25, -0.2) is 9.37 Å². The van der Waals surface area contributed by atoms with Gasteiger partial charge in [0, 0.05) is 24.5 Å². The zero-order valence-electron chi connectivity index (χ0n) is 8.56. The van der Waals surface area contributed by atoms with Crippen molar-refractivity contribution in [3.05, 3.63) is 48.0 Å². The van der Waals surface area contributed by atoms with E-state index in [9.17, 15) is 4.39 Å². The van der Waals surface area contributed by atoms with Crippen LogP contribution in [0.25, 0.3) is 0 Å². The van der Waals surface area contributed by atoms with Crippen LogP contribution >= 0.6 is 11.8 Å². The molecule has 5 heteroatoms. The van der Waals surface area contributed by atoms with Crippen LogP contribution in [-0.2, 0) is 0 Å². The minimum atomic E-state index is -0.225. The third-order valence-electron chi connectivity index (χ3n) is 2.19. The maximum absolute atomic E-state index is 13.6. The van der Waals surface area contributed by atoms with Crippen LogP contribution in [0, 0.1) is 5.82 Å². The Hall–Kier alpha value is -1.33. The van der Waals surface area contributed by atoms with Crippen LogP contribution in [0.2, 0.25) is 0 Å². The number of imidazole rings is 1. The van der Waals surface area contributed by atoms with Crippen LogP contribution in [0.4, 0.5) is 4.39 Å². The van der Waals surface area contributed by atoms with E-state index in [0.717, 1.165) is 5.16 Å². The van der Waals surface area contributed by atoms with Gasteiger partial charge in [0.05, 0.1) is 5.25 Å². The average molecular weight is 237 g/mol. The van der Waals surface area contributed by atoms with E-state index in [1.807, 2.05) is 6.07 Å². The Kier molecular flexibility index (Phi) is 3.58. The number of aromatic nitrogens is 2.